The Morgan fingerprint density at radius 1 is 1.06 bits per heavy atom. The molecule has 3 amide bonds. The first-order valence-corrected chi connectivity index (χ1v) is 10.5. The van der Waals surface area contributed by atoms with Crippen LogP contribution in [0.5, 0.6) is 0 Å². The molecule has 0 saturated carbocycles. The topological polar surface area (TPSA) is 61.9 Å². The average molecular weight is 465 g/mol. The van der Waals surface area contributed by atoms with Gasteiger partial charge in [0.2, 0.25) is 0 Å². The van der Waals surface area contributed by atoms with Crippen molar-refractivity contribution in [2.75, 3.05) is 26.3 Å². The van der Waals surface area contributed by atoms with Gasteiger partial charge in [0.1, 0.15) is 18.9 Å². The van der Waals surface area contributed by atoms with Gasteiger partial charge in [-0.15, -0.1) is 0 Å². The van der Waals surface area contributed by atoms with E-state index in [1.165, 1.54) is 6.07 Å². The van der Waals surface area contributed by atoms with Crippen molar-refractivity contribution < 1.29 is 31.9 Å². The molecule has 1 unspecified atom stereocenters. The maximum absolute atomic E-state index is 14.2. The molecule has 2 saturated heterocycles. The quantitative estimate of drug-likeness (QED) is 0.501. The van der Waals surface area contributed by atoms with Gasteiger partial charge in [-0.3, -0.25) is 9.69 Å². The minimum Gasteiger partial charge on any atom is -0.380 e. The third kappa shape index (κ3) is 5.69. The highest BCUT2D eigenvalue weighted by Gasteiger charge is 2.42. The second-order valence-electron chi connectivity index (χ2n) is 8.18. The normalized spacial score (nSPS) is 19.1. The summed E-state index contributed by atoms with van der Waals surface area (Å²) in [5.74, 6) is -1.17. The summed E-state index contributed by atoms with van der Waals surface area (Å²) < 4.78 is 57.3. The number of carbonyl (C=O) groups is 2. The Kier molecular flexibility index (Phi) is 6.66. The standard InChI is InChI=1S/C23H23F4N3O3/c24-20-6-5-17(9-18(20)10-28-19-7-8-33-13-19)16-3-1-15(2-4-16)11-29-12-21(31)30(22(29)32)14-23(25,26)27/h1-6,9,19,28H,7-8,10-14H2. The van der Waals surface area contributed by atoms with Gasteiger partial charge in [0.05, 0.1) is 6.61 Å². The molecule has 2 heterocycles. The number of hydrogen-bond acceptors (Lipinski definition) is 4. The van der Waals surface area contributed by atoms with Crippen molar-refractivity contribution in [3.8, 4) is 11.1 Å². The van der Waals surface area contributed by atoms with E-state index >= 15 is 0 Å². The Bertz CT molecular complexity index is 1020. The van der Waals surface area contributed by atoms with Crippen LogP contribution in [0.2, 0.25) is 0 Å². The number of carbonyl (C=O) groups excluding carboxylic acids is 2. The molecule has 0 radical (unpaired) electrons. The number of rotatable bonds is 7. The van der Waals surface area contributed by atoms with Crippen molar-refractivity contribution in [2.24, 2.45) is 0 Å². The molecule has 0 bridgehead atoms. The molecule has 6 nitrogen and oxygen atoms in total. The van der Waals surface area contributed by atoms with E-state index in [1.807, 2.05) is 0 Å². The molecule has 10 heteroatoms. The first-order valence-electron chi connectivity index (χ1n) is 10.5. The zero-order chi connectivity index (χ0) is 23.6. The van der Waals surface area contributed by atoms with Crippen molar-refractivity contribution in [3.05, 3.63) is 59.4 Å². The average Bonchev–Trinajstić information content (AvgIpc) is 3.37. The van der Waals surface area contributed by atoms with Crippen molar-refractivity contribution in [1.82, 2.24) is 15.1 Å². The van der Waals surface area contributed by atoms with Crippen molar-refractivity contribution in [3.63, 3.8) is 0 Å². The number of urea groups is 1. The van der Waals surface area contributed by atoms with E-state index in [9.17, 15) is 27.2 Å². The summed E-state index contributed by atoms with van der Waals surface area (Å²) in [6, 6.07) is 11.2. The van der Waals surface area contributed by atoms with E-state index < -0.39 is 31.2 Å². The lowest BCUT2D eigenvalue weighted by atomic mass is 10.0. The zero-order valence-electron chi connectivity index (χ0n) is 17.7. The van der Waals surface area contributed by atoms with E-state index in [0.717, 1.165) is 22.4 Å². The predicted octanol–water partition coefficient (Wildman–Crippen LogP) is 3.70. The summed E-state index contributed by atoms with van der Waals surface area (Å²) in [5, 5.41) is 3.29. The van der Waals surface area contributed by atoms with Gasteiger partial charge >= 0.3 is 12.2 Å². The van der Waals surface area contributed by atoms with Gasteiger partial charge < -0.3 is 15.0 Å². The van der Waals surface area contributed by atoms with Gasteiger partial charge in [-0.05, 0) is 35.2 Å². The van der Waals surface area contributed by atoms with Crippen LogP contribution in [0.15, 0.2) is 42.5 Å². The molecule has 0 aromatic heterocycles. The van der Waals surface area contributed by atoms with Gasteiger partial charge in [-0.25, -0.2) is 9.18 Å². The summed E-state index contributed by atoms with van der Waals surface area (Å²) in [7, 11) is 0. The van der Waals surface area contributed by atoms with Gasteiger partial charge in [0.25, 0.3) is 5.91 Å². The largest absolute Gasteiger partial charge is 0.406 e. The third-order valence-electron chi connectivity index (χ3n) is 5.68. The summed E-state index contributed by atoms with van der Waals surface area (Å²) in [6.07, 6.45) is -3.75. The Morgan fingerprint density at radius 3 is 2.45 bits per heavy atom. The van der Waals surface area contributed by atoms with Crippen LogP contribution < -0.4 is 5.32 Å². The van der Waals surface area contributed by atoms with Crippen LogP contribution in [0.3, 0.4) is 0 Å². The molecule has 0 spiro atoms. The first kappa shape index (κ1) is 23.2. The lowest BCUT2D eigenvalue weighted by molar-refractivity contribution is -0.151. The number of nitrogens with one attached hydrogen (secondary N) is 1. The molecule has 4 rings (SSSR count). The van der Waals surface area contributed by atoms with E-state index in [0.29, 0.717) is 30.9 Å². The SMILES string of the molecule is O=C1CN(Cc2ccc(-c3ccc(F)c(CNC4CCOC4)c3)cc2)C(=O)N1CC(F)(F)F. The van der Waals surface area contributed by atoms with Gasteiger partial charge in [0, 0.05) is 31.3 Å². The summed E-state index contributed by atoms with van der Waals surface area (Å²) in [6.45, 7) is -0.273. The predicted molar refractivity (Wildman–Crippen MR) is 111 cm³/mol. The Balaban J connectivity index is 1.41. The molecule has 2 aliphatic heterocycles. The molecule has 0 aliphatic carbocycles. The fourth-order valence-electron chi connectivity index (χ4n) is 3.91. The van der Waals surface area contributed by atoms with E-state index in [2.05, 4.69) is 5.32 Å². The molecule has 33 heavy (non-hydrogen) atoms. The molecular weight excluding hydrogens is 442 g/mol. The van der Waals surface area contributed by atoms with Gasteiger partial charge in [0.15, 0.2) is 0 Å². The lowest BCUT2D eigenvalue weighted by Crippen LogP contribution is -2.39. The number of alkyl halides is 3. The summed E-state index contributed by atoms with van der Waals surface area (Å²) >= 11 is 0. The molecule has 1 N–H and O–H groups in total. The number of ether oxygens (including phenoxy) is 1. The Labute approximate surface area is 188 Å². The second-order valence-corrected chi connectivity index (χ2v) is 8.18. The fraction of sp³-hybridized carbons (Fsp3) is 0.391. The highest BCUT2D eigenvalue weighted by molar-refractivity contribution is 6.02. The fourth-order valence-corrected chi connectivity index (χ4v) is 3.91. The first-order chi connectivity index (χ1) is 15.7. The number of nitrogens with zero attached hydrogens (tertiary/aromatic N) is 2. The lowest BCUT2D eigenvalue weighted by Gasteiger charge is -2.18. The molecule has 2 aromatic carbocycles. The van der Waals surface area contributed by atoms with Crippen LogP contribution in [0.4, 0.5) is 22.4 Å². The molecule has 2 aromatic rings. The highest BCUT2D eigenvalue weighted by Crippen LogP contribution is 2.25. The summed E-state index contributed by atoms with van der Waals surface area (Å²) in [4.78, 5) is 25.3. The number of halogens is 4. The minimum absolute atomic E-state index is 0.0151. The van der Waals surface area contributed by atoms with Crippen LogP contribution in [0.1, 0.15) is 17.5 Å². The Morgan fingerprint density at radius 2 is 1.79 bits per heavy atom. The van der Waals surface area contributed by atoms with Crippen molar-refractivity contribution >= 4 is 11.9 Å². The van der Waals surface area contributed by atoms with Crippen LogP contribution in [0, 0.1) is 5.82 Å². The molecule has 176 valence electrons. The van der Waals surface area contributed by atoms with Crippen LogP contribution in [0.25, 0.3) is 11.1 Å². The van der Waals surface area contributed by atoms with Gasteiger partial charge in [-0.1, -0.05) is 30.3 Å². The minimum atomic E-state index is -4.64. The highest BCUT2D eigenvalue weighted by atomic mass is 19.4. The van der Waals surface area contributed by atoms with Crippen LogP contribution >= 0.6 is 0 Å². The van der Waals surface area contributed by atoms with Crippen LogP contribution in [-0.2, 0) is 22.6 Å². The van der Waals surface area contributed by atoms with E-state index in [-0.39, 0.29) is 23.3 Å². The molecule has 1 atom stereocenters. The van der Waals surface area contributed by atoms with Crippen molar-refractivity contribution in [1.29, 1.82) is 0 Å². The van der Waals surface area contributed by atoms with Crippen molar-refractivity contribution in [2.45, 2.75) is 31.7 Å². The number of amides is 3. The maximum atomic E-state index is 14.2. The second kappa shape index (κ2) is 9.48. The Hall–Kier alpha value is -2.98. The number of imide groups is 1. The third-order valence-corrected chi connectivity index (χ3v) is 5.68. The number of hydrogen-bond donors (Lipinski definition) is 1. The van der Waals surface area contributed by atoms with Crippen LogP contribution in [-0.4, -0.2) is 60.3 Å². The monoisotopic (exact) mass is 465 g/mol. The smallest absolute Gasteiger partial charge is 0.380 e. The molecule has 2 aliphatic rings. The summed E-state index contributed by atoms with van der Waals surface area (Å²) in [5.41, 5.74) is 2.84. The maximum Gasteiger partial charge on any atom is 0.406 e. The number of benzene rings is 2. The zero-order valence-corrected chi connectivity index (χ0v) is 17.7. The van der Waals surface area contributed by atoms with Gasteiger partial charge in [-0.2, -0.15) is 13.2 Å². The van der Waals surface area contributed by atoms with E-state index in [1.54, 1.807) is 36.4 Å². The van der Waals surface area contributed by atoms with E-state index in [4.69, 9.17) is 4.74 Å². The molecular formula is C23H23F4N3O3. The molecule has 2 fully saturated rings.